The van der Waals surface area contributed by atoms with Crippen LogP contribution in [0.3, 0.4) is 0 Å². The number of aromatic nitrogens is 3. The normalized spacial score (nSPS) is 17.1. The Hall–Kier alpha value is -3.55. The number of aromatic amines is 1. The fourth-order valence-corrected chi connectivity index (χ4v) is 4.83. The highest BCUT2D eigenvalue weighted by Gasteiger charge is 2.41. The Morgan fingerprint density at radius 1 is 1.09 bits per heavy atom. The molecule has 0 unspecified atom stereocenters. The number of H-pyrrole nitrogens is 1. The van der Waals surface area contributed by atoms with Crippen molar-refractivity contribution in [2.75, 3.05) is 27.7 Å². The Morgan fingerprint density at radius 3 is 2.66 bits per heavy atom. The van der Waals surface area contributed by atoms with Crippen molar-refractivity contribution in [1.82, 2.24) is 20.1 Å². The summed E-state index contributed by atoms with van der Waals surface area (Å²) in [4.78, 5) is 6.89. The van der Waals surface area contributed by atoms with Gasteiger partial charge in [-0.25, -0.2) is 9.37 Å². The molecule has 3 aromatic carbocycles. The Morgan fingerprint density at radius 2 is 1.89 bits per heavy atom. The van der Waals surface area contributed by atoms with Crippen LogP contribution in [0, 0.1) is 5.82 Å². The molecule has 0 radical (unpaired) electrons. The predicted molar refractivity (Wildman–Crippen MR) is 134 cm³/mol. The first-order valence-electron chi connectivity index (χ1n) is 11.7. The number of para-hydroxylation sites is 1. The number of hydrogen-bond acceptors (Lipinski definition) is 5. The minimum absolute atomic E-state index is 0.249. The maximum absolute atomic E-state index is 13.7. The molecule has 2 heterocycles. The molecule has 1 aliphatic rings. The van der Waals surface area contributed by atoms with E-state index < -0.39 is 5.60 Å². The van der Waals surface area contributed by atoms with Crippen LogP contribution in [0.2, 0.25) is 0 Å². The van der Waals surface area contributed by atoms with Crippen molar-refractivity contribution in [3.63, 3.8) is 0 Å². The number of nitrogens with zero attached hydrogens (tertiary/aromatic N) is 3. The van der Waals surface area contributed by atoms with Crippen LogP contribution in [0.25, 0.3) is 22.8 Å². The molecule has 7 heteroatoms. The molecule has 1 atom stereocenters. The summed E-state index contributed by atoms with van der Waals surface area (Å²) in [7, 11) is 5.77. The zero-order chi connectivity index (χ0) is 24.4. The van der Waals surface area contributed by atoms with Gasteiger partial charge in [-0.3, -0.25) is 5.10 Å². The SMILES string of the molecule is COc1ccccc1-c1nc(-c2ccc3c(c2)CO[C@@]3(CCCN(C)C)c2ccc(F)cc2)n[nH]1. The quantitative estimate of drug-likeness (QED) is 0.372. The van der Waals surface area contributed by atoms with E-state index in [1.807, 2.05) is 42.5 Å². The lowest BCUT2D eigenvalue weighted by Gasteiger charge is -2.31. The highest BCUT2D eigenvalue weighted by atomic mass is 19.1. The van der Waals surface area contributed by atoms with E-state index in [-0.39, 0.29) is 5.82 Å². The van der Waals surface area contributed by atoms with Crippen molar-refractivity contribution >= 4 is 0 Å². The molecule has 35 heavy (non-hydrogen) atoms. The average Bonchev–Trinajstić information content (AvgIpc) is 3.50. The van der Waals surface area contributed by atoms with E-state index >= 15 is 0 Å². The Kier molecular flexibility index (Phi) is 6.36. The smallest absolute Gasteiger partial charge is 0.181 e. The summed E-state index contributed by atoms with van der Waals surface area (Å²) in [5.41, 5.74) is 4.36. The lowest BCUT2D eigenvalue weighted by Crippen LogP contribution is -2.28. The van der Waals surface area contributed by atoms with E-state index in [9.17, 15) is 4.39 Å². The highest BCUT2D eigenvalue weighted by molar-refractivity contribution is 5.67. The third-order valence-electron chi connectivity index (χ3n) is 6.56. The molecule has 180 valence electrons. The number of benzene rings is 3. The minimum atomic E-state index is -0.598. The standard InChI is InChI=1S/C28H29FN4O2/c1-33(2)16-6-15-28(21-10-12-22(29)13-11-21)24-14-9-19(17-20(24)18-35-28)26-30-27(32-31-26)23-7-4-5-8-25(23)34-3/h4-5,7-14,17H,6,15-16,18H2,1-3H3,(H,30,31,32)/t28-/m0/s1. The van der Waals surface area contributed by atoms with Crippen LogP contribution >= 0.6 is 0 Å². The van der Waals surface area contributed by atoms with Crippen molar-refractivity contribution < 1.29 is 13.9 Å². The van der Waals surface area contributed by atoms with Crippen LogP contribution in [0.15, 0.2) is 66.7 Å². The van der Waals surface area contributed by atoms with E-state index in [1.54, 1.807) is 7.11 Å². The van der Waals surface area contributed by atoms with Crippen LogP contribution < -0.4 is 4.74 Å². The predicted octanol–water partition coefficient (Wildman–Crippen LogP) is 5.40. The van der Waals surface area contributed by atoms with Gasteiger partial charge >= 0.3 is 0 Å². The van der Waals surface area contributed by atoms with Gasteiger partial charge < -0.3 is 14.4 Å². The lowest BCUT2D eigenvalue weighted by atomic mass is 9.81. The van der Waals surface area contributed by atoms with Gasteiger partial charge in [-0.1, -0.05) is 36.4 Å². The van der Waals surface area contributed by atoms with Gasteiger partial charge in [0.1, 0.15) is 17.2 Å². The van der Waals surface area contributed by atoms with E-state index in [0.29, 0.717) is 18.3 Å². The number of nitrogens with one attached hydrogen (secondary N) is 1. The first-order chi connectivity index (χ1) is 17.0. The number of ether oxygens (including phenoxy) is 2. The van der Waals surface area contributed by atoms with Crippen molar-refractivity contribution in [1.29, 1.82) is 0 Å². The molecule has 1 aromatic heterocycles. The largest absolute Gasteiger partial charge is 0.496 e. The van der Waals surface area contributed by atoms with Gasteiger partial charge in [-0.05, 0) is 80.5 Å². The van der Waals surface area contributed by atoms with Gasteiger partial charge in [-0.15, -0.1) is 0 Å². The number of fused-ring (bicyclic) bond motifs is 1. The number of methoxy groups -OCH3 is 1. The Balaban J connectivity index is 1.49. The summed E-state index contributed by atoms with van der Waals surface area (Å²) in [6, 6.07) is 20.6. The van der Waals surface area contributed by atoms with Crippen molar-refractivity contribution in [3.05, 3.63) is 89.2 Å². The molecular weight excluding hydrogens is 443 g/mol. The van der Waals surface area contributed by atoms with Gasteiger partial charge in [0.25, 0.3) is 0 Å². The van der Waals surface area contributed by atoms with Crippen LogP contribution in [-0.4, -0.2) is 47.8 Å². The molecule has 4 aromatic rings. The third kappa shape index (κ3) is 4.45. The van der Waals surface area contributed by atoms with Crippen LogP contribution in [0.4, 0.5) is 4.39 Å². The van der Waals surface area contributed by atoms with Gasteiger partial charge in [0.05, 0.1) is 19.3 Å². The monoisotopic (exact) mass is 472 g/mol. The second-order valence-corrected chi connectivity index (χ2v) is 9.11. The summed E-state index contributed by atoms with van der Waals surface area (Å²) in [6.07, 6.45) is 1.76. The topological polar surface area (TPSA) is 63.3 Å². The van der Waals surface area contributed by atoms with Crippen LogP contribution in [0.5, 0.6) is 5.75 Å². The molecule has 0 amide bonds. The molecule has 0 saturated carbocycles. The van der Waals surface area contributed by atoms with Crippen molar-refractivity contribution in [3.8, 4) is 28.5 Å². The molecule has 0 aliphatic carbocycles. The molecule has 1 N–H and O–H groups in total. The van der Waals surface area contributed by atoms with Crippen molar-refractivity contribution in [2.45, 2.75) is 25.0 Å². The second kappa shape index (κ2) is 9.60. The highest BCUT2D eigenvalue weighted by Crippen LogP contribution is 2.46. The van der Waals surface area contributed by atoms with E-state index in [4.69, 9.17) is 14.5 Å². The average molecular weight is 473 g/mol. The molecule has 0 saturated heterocycles. The number of halogens is 1. The first kappa shape index (κ1) is 23.2. The summed E-state index contributed by atoms with van der Waals surface area (Å²) in [5.74, 6) is 1.75. The van der Waals surface area contributed by atoms with Gasteiger partial charge in [0.15, 0.2) is 11.6 Å². The van der Waals surface area contributed by atoms with Crippen LogP contribution in [-0.2, 0) is 16.9 Å². The third-order valence-corrected chi connectivity index (χ3v) is 6.56. The summed E-state index contributed by atoms with van der Waals surface area (Å²) < 4.78 is 25.7. The zero-order valence-electron chi connectivity index (χ0n) is 20.2. The van der Waals surface area contributed by atoms with Gasteiger partial charge in [0, 0.05) is 5.56 Å². The molecule has 5 rings (SSSR count). The first-order valence-corrected chi connectivity index (χ1v) is 11.7. The van der Waals surface area contributed by atoms with E-state index in [1.165, 1.54) is 12.1 Å². The summed E-state index contributed by atoms with van der Waals surface area (Å²) >= 11 is 0. The molecule has 6 nitrogen and oxygen atoms in total. The van der Waals surface area contributed by atoms with Crippen molar-refractivity contribution in [2.24, 2.45) is 0 Å². The molecular formula is C28H29FN4O2. The van der Waals surface area contributed by atoms with Gasteiger partial charge in [0.2, 0.25) is 0 Å². The Labute approximate surface area is 204 Å². The second-order valence-electron chi connectivity index (χ2n) is 9.11. The molecule has 0 bridgehead atoms. The number of hydrogen-bond donors (Lipinski definition) is 1. The van der Waals surface area contributed by atoms with E-state index in [2.05, 4.69) is 41.3 Å². The molecule has 0 spiro atoms. The van der Waals surface area contributed by atoms with E-state index in [0.717, 1.165) is 53.0 Å². The summed E-state index contributed by atoms with van der Waals surface area (Å²) in [5, 5.41) is 7.49. The van der Waals surface area contributed by atoms with Crippen LogP contribution in [0.1, 0.15) is 29.5 Å². The fourth-order valence-electron chi connectivity index (χ4n) is 4.83. The van der Waals surface area contributed by atoms with Gasteiger partial charge in [-0.2, -0.15) is 5.10 Å². The molecule has 0 fully saturated rings. The lowest BCUT2D eigenvalue weighted by molar-refractivity contribution is -0.0140. The summed E-state index contributed by atoms with van der Waals surface area (Å²) in [6.45, 7) is 1.43. The molecule has 1 aliphatic heterocycles. The minimum Gasteiger partial charge on any atom is -0.496 e. The number of rotatable bonds is 8. The fraction of sp³-hybridized carbons (Fsp3) is 0.286. The zero-order valence-corrected chi connectivity index (χ0v) is 20.2. The maximum atomic E-state index is 13.7. The Bertz CT molecular complexity index is 1320. The maximum Gasteiger partial charge on any atom is 0.181 e.